The van der Waals surface area contributed by atoms with Crippen molar-refractivity contribution in [2.45, 2.75) is 25.7 Å². The van der Waals surface area contributed by atoms with Crippen LogP contribution in [0.25, 0.3) is 10.9 Å². The molecule has 0 saturated carbocycles. The number of H-pyrrole nitrogens is 1. The zero-order valence-electron chi connectivity index (χ0n) is 10.4. The van der Waals surface area contributed by atoms with Crippen LogP contribution in [-0.4, -0.2) is 29.5 Å². The van der Waals surface area contributed by atoms with Crippen LogP contribution in [0.5, 0.6) is 0 Å². The van der Waals surface area contributed by atoms with E-state index in [1.54, 1.807) is 0 Å². The van der Waals surface area contributed by atoms with E-state index in [-0.39, 0.29) is 0 Å². The molecule has 0 aliphatic carbocycles. The molecule has 1 N–H and O–H groups in total. The number of hydrogen-bond donors (Lipinski definition) is 1. The van der Waals surface area contributed by atoms with Crippen LogP contribution in [0.1, 0.15) is 31.2 Å². The van der Waals surface area contributed by atoms with Gasteiger partial charge in [0.05, 0.1) is 0 Å². The second-order valence-electron chi connectivity index (χ2n) is 5.02. The number of aromatic nitrogens is 1. The fraction of sp³-hybridized carbons (Fsp3) is 0.467. The number of nitrogens with one attached hydrogen (secondary N) is 1. The lowest BCUT2D eigenvalue weighted by Crippen LogP contribution is -2.34. The molecular formula is C15H20N2. The van der Waals surface area contributed by atoms with Gasteiger partial charge >= 0.3 is 0 Å². The van der Waals surface area contributed by atoms with Crippen LogP contribution >= 0.6 is 0 Å². The van der Waals surface area contributed by atoms with Crippen molar-refractivity contribution in [2.75, 3.05) is 19.6 Å². The van der Waals surface area contributed by atoms with Gasteiger partial charge in [-0.05, 0) is 49.5 Å². The second kappa shape index (κ2) is 4.53. The van der Waals surface area contributed by atoms with Crippen LogP contribution in [0.15, 0.2) is 30.5 Å². The van der Waals surface area contributed by atoms with Crippen molar-refractivity contribution in [3.63, 3.8) is 0 Å². The zero-order chi connectivity index (χ0) is 11.7. The smallest absolute Gasteiger partial charge is 0.0456 e. The first-order valence-corrected chi connectivity index (χ1v) is 6.67. The van der Waals surface area contributed by atoms with Gasteiger partial charge in [0.15, 0.2) is 0 Å². The summed E-state index contributed by atoms with van der Waals surface area (Å²) in [4.78, 5) is 5.88. The van der Waals surface area contributed by atoms with Crippen molar-refractivity contribution >= 4 is 10.9 Å². The molecule has 2 heterocycles. The minimum Gasteiger partial charge on any atom is -0.361 e. The molecule has 2 aromatic rings. The van der Waals surface area contributed by atoms with Crippen molar-refractivity contribution in [3.8, 4) is 0 Å². The highest BCUT2D eigenvalue weighted by molar-refractivity contribution is 5.83. The molecule has 1 aromatic heterocycles. The maximum absolute atomic E-state index is 3.31. The fourth-order valence-electron chi connectivity index (χ4n) is 3.06. The Bertz CT molecular complexity index is 500. The quantitative estimate of drug-likeness (QED) is 0.835. The summed E-state index contributed by atoms with van der Waals surface area (Å²) in [7, 11) is 0. The van der Waals surface area contributed by atoms with Gasteiger partial charge in [-0.3, -0.25) is 0 Å². The number of rotatable bonds is 2. The number of likely N-dealkylation sites (N-methyl/N-ethyl adjacent to an activating group) is 1. The number of nitrogens with zero attached hydrogens (tertiary/aromatic N) is 1. The van der Waals surface area contributed by atoms with Gasteiger partial charge in [-0.15, -0.1) is 0 Å². The third-order valence-corrected chi connectivity index (χ3v) is 4.02. The predicted molar refractivity (Wildman–Crippen MR) is 72.4 cm³/mol. The summed E-state index contributed by atoms with van der Waals surface area (Å²) < 4.78 is 0. The standard InChI is InChI=1S/C15H20N2/c1-2-17-10-4-5-12(11-17)13-6-3-7-15-14(13)8-9-16-15/h3,6-9,12,16H,2,4-5,10-11H2,1H3. The van der Waals surface area contributed by atoms with E-state index in [2.05, 4.69) is 47.3 Å². The minimum atomic E-state index is 0.711. The Morgan fingerprint density at radius 1 is 1.35 bits per heavy atom. The SMILES string of the molecule is CCN1CCCC(c2cccc3[nH]ccc23)C1. The molecule has 1 unspecified atom stereocenters. The van der Waals surface area contributed by atoms with Crippen LogP contribution in [0.2, 0.25) is 0 Å². The first kappa shape index (κ1) is 10.8. The Labute approximate surface area is 103 Å². The highest BCUT2D eigenvalue weighted by Gasteiger charge is 2.21. The topological polar surface area (TPSA) is 19.0 Å². The lowest BCUT2D eigenvalue weighted by Gasteiger charge is -2.32. The van der Waals surface area contributed by atoms with Crippen LogP contribution in [0, 0.1) is 0 Å². The Balaban J connectivity index is 1.94. The van der Waals surface area contributed by atoms with Crippen LogP contribution in [0.3, 0.4) is 0 Å². The van der Waals surface area contributed by atoms with E-state index in [1.807, 2.05) is 0 Å². The first-order valence-electron chi connectivity index (χ1n) is 6.67. The minimum absolute atomic E-state index is 0.711. The van der Waals surface area contributed by atoms with Gasteiger partial charge in [-0.25, -0.2) is 0 Å². The molecule has 90 valence electrons. The van der Waals surface area contributed by atoms with Crippen molar-refractivity contribution < 1.29 is 0 Å². The molecule has 0 bridgehead atoms. The number of hydrogen-bond acceptors (Lipinski definition) is 1. The Hall–Kier alpha value is -1.28. The van der Waals surface area contributed by atoms with Gasteiger partial charge in [0.25, 0.3) is 0 Å². The molecule has 1 aliphatic rings. The molecule has 0 radical (unpaired) electrons. The molecule has 2 nitrogen and oxygen atoms in total. The maximum Gasteiger partial charge on any atom is 0.0456 e. The number of fused-ring (bicyclic) bond motifs is 1. The average molecular weight is 228 g/mol. The molecule has 17 heavy (non-hydrogen) atoms. The van der Waals surface area contributed by atoms with Gasteiger partial charge in [-0.1, -0.05) is 19.1 Å². The molecule has 1 aliphatic heterocycles. The monoisotopic (exact) mass is 228 g/mol. The summed E-state index contributed by atoms with van der Waals surface area (Å²) in [6.45, 7) is 5.94. The molecule has 1 saturated heterocycles. The molecular weight excluding hydrogens is 208 g/mol. The summed E-state index contributed by atoms with van der Waals surface area (Å²) in [6, 6.07) is 8.87. The number of aromatic amines is 1. The average Bonchev–Trinajstić information content (AvgIpc) is 2.87. The van der Waals surface area contributed by atoms with Crippen LogP contribution in [-0.2, 0) is 0 Å². The van der Waals surface area contributed by atoms with Crippen LogP contribution in [0.4, 0.5) is 0 Å². The van der Waals surface area contributed by atoms with Gasteiger partial charge in [0, 0.05) is 23.6 Å². The molecule has 2 heteroatoms. The molecule has 1 atom stereocenters. The van der Waals surface area contributed by atoms with Crippen molar-refractivity contribution in [3.05, 3.63) is 36.0 Å². The van der Waals surface area contributed by atoms with Crippen molar-refractivity contribution in [1.82, 2.24) is 9.88 Å². The molecule has 3 rings (SSSR count). The summed E-state index contributed by atoms with van der Waals surface area (Å²) >= 11 is 0. The van der Waals surface area contributed by atoms with Crippen molar-refractivity contribution in [2.24, 2.45) is 0 Å². The normalized spacial score (nSPS) is 22.1. The van der Waals surface area contributed by atoms with E-state index in [9.17, 15) is 0 Å². The largest absolute Gasteiger partial charge is 0.361 e. The second-order valence-corrected chi connectivity index (χ2v) is 5.02. The van der Waals surface area contributed by atoms with E-state index in [0.717, 1.165) is 0 Å². The number of likely N-dealkylation sites (tertiary alicyclic amines) is 1. The van der Waals surface area contributed by atoms with Crippen molar-refractivity contribution in [1.29, 1.82) is 0 Å². The Morgan fingerprint density at radius 3 is 3.18 bits per heavy atom. The molecule has 0 spiro atoms. The highest BCUT2D eigenvalue weighted by Crippen LogP contribution is 2.31. The lowest BCUT2D eigenvalue weighted by molar-refractivity contribution is 0.218. The maximum atomic E-state index is 3.31. The van der Waals surface area contributed by atoms with Gasteiger partial charge < -0.3 is 9.88 Å². The van der Waals surface area contributed by atoms with Crippen LogP contribution < -0.4 is 0 Å². The molecule has 1 fully saturated rings. The predicted octanol–water partition coefficient (Wildman–Crippen LogP) is 3.37. The molecule has 0 amide bonds. The Morgan fingerprint density at radius 2 is 2.29 bits per heavy atom. The third kappa shape index (κ3) is 1.98. The summed E-state index contributed by atoms with van der Waals surface area (Å²) in [5.74, 6) is 0.711. The number of benzene rings is 1. The first-order chi connectivity index (χ1) is 8.38. The summed E-state index contributed by atoms with van der Waals surface area (Å²) in [5.41, 5.74) is 2.80. The van der Waals surface area contributed by atoms with Gasteiger partial charge in [-0.2, -0.15) is 0 Å². The number of piperidine rings is 1. The third-order valence-electron chi connectivity index (χ3n) is 4.02. The van der Waals surface area contributed by atoms with Gasteiger partial charge in [0.1, 0.15) is 0 Å². The lowest BCUT2D eigenvalue weighted by atomic mass is 9.88. The Kier molecular flexibility index (Phi) is 2.89. The highest BCUT2D eigenvalue weighted by atomic mass is 15.1. The van der Waals surface area contributed by atoms with Gasteiger partial charge in [0.2, 0.25) is 0 Å². The van der Waals surface area contributed by atoms with E-state index >= 15 is 0 Å². The zero-order valence-corrected chi connectivity index (χ0v) is 10.4. The molecule has 1 aromatic carbocycles. The van der Waals surface area contributed by atoms with E-state index < -0.39 is 0 Å². The fourth-order valence-corrected chi connectivity index (χ4v) is 3.06. The summed E-state index contributed by atoms with van der Waals surface area (Å²) in [6.07, 6.45) is 4.72. The van der Waals surface area contributed by atoms with E-state index in [4.69, 9.17) is 0 Å². The van der Waals surface area contributed by atoms with E-state index in [0.29, 0.717) is 5.92 Å². The summed E-state index contributed by atoms with van der Waals surface area (Å²) in [5, 5.41) is 1.41. The van der Waals surface area contributed by atoms with E-state index in [1.165, 1.54) is 48.9 Å².